The van der Waals surface area contributed by atoms with E-state index >= 15 is 0 Å². The molecule has 3 rings (SSSR count). The molecule has 0 unspecified atom stereocenters. The van der Waals surface area contributed by atoms with Gasteiger partial charge in [-0.3, -0.25) is 0 Å². The van der Waals surface area contributed by atoms with Gasteiger partial charge in [-0.25, -0.2) is 4.79 Å². The minimum Gasteiger partial charge on any atom is -0.445 e. The van der Waals surface area contributed by atoms with Gasteiger partial charge in [0.1, 0.15) is 6.61 Å². The minimum atomic E-state index is -0.181. The van der Waals surface area contributed by atoms with Crippen LogP contribution in [0.2, 0.25) is 0 Å². The lowest BCUT2D eigenvalue weighted by Crippen LogP contribution is -2.49. The fourth-order valence-electron chi connectivity index (χ4n) is 3.78. The van der Waals surface area contributed by atoms with Gasteiger partial charge in [-0.2, -0.15) is 0 Å². The predicted molar refractivity (Wildman–Crippen MR) is 102 cm³/mol. The van der Waals surface area contributed by atoms with Crippen LogP contribution in [0.4, 0.5) is 4.79 Å². The highest BCUT2D eigenvalue weighted by atomic mass is 35.5. The minimum absolute atomic E-state index is 0. The number of carbonyl (C=O) groups excluding carboxylic acids is 1. The lowest BCUT2D eigenvalue weighted by molar-refractivity contribution is 0.0573. The van der Waals surface area contributed by atoms with E-state index < -0.39 is 0 Å². The normalized spacial score (nSPS) is 20.1. The number of piperidine rings is 2. The third-order valence-electron chi connectivity index (χ3n) is 5.43. The van der Waals surface area contributed by atoms with Gasteiger partial charge in [-0.15, -0.1) is 12.4 Å². The van der Waals surface area contributed by atoms with Crippen molar-refractivity contribution in [3.63, 3.8) is 0 Å². The highest BCUT2D eigenvalue weighted by Gasteiger charge is 2.29. The molecule has 2 aliphatic heterocycles. The zero-order valence-electron chi connectivity index (χ0n) is 14.8. The van der Waals surface area contributed by atoms with Crippen LogP contribution in [0.1, 0.15) is 31.2 Å². The number of halogens is 1. The first-order chi connectivity index (χ1) is 11.8. The number of amides is 1. The highest BCUT2D eigenvalue weighted by molar-refractivity contribution is 5.85. The van der Waals surface area contributed by atoms with Crippen molar-refractivity contribution in [2.45, 2.75) is 38.3 Å². The summed E-state index contributed by atoms with van der Waals surface area (Å²) < 4.78 is 5.44. The second-order valence-corrected chi connectivity index (χ2v) is 6.97. The molecule has 0 aliphatic carbocycles. The van der Waals surface area contributed by atoms with Crippen molar-refractivity contribution in [3.8, 4) is 0 Å². The Labute approximate surface area is 156 Å². The molecular weight excluding hydrogens is 338 g/mol. The number of ether oxygens (including phenoxy) is 1. The average Bonchev–Trinajstić information content (AvgIpc) is 2.67. The molecule has 0 atom stereocenters. The molecule has 1 aromatic rings. The van der Waals surface area contributed by atoms with E-state index in [2.05, 4.69) is 4.90 Å². The Hall–Kier alpha value is -1.30. The van der Waals surface area contributed by atoms with Crippen LogP contribution in [-0.2, 0) is 11.3 Å². The van der Waals surface area contributed by atoms with Gasteiger partial charge in [0.05, 0.1) is 0 Å². The van der Waals surface area contributed by atoms with E-state index in [0.29, 0.717) is 18.6 Å². The summed E-state index contributed by atoms with van der Waals surface area (Å²) in [7, 11) is 0. The van der Waals surface area contributed by atoms with Gasteiger partial charge < -0.3 is 20.3 Å². The molecular formula is C19H30ClN3O2. The summed E-state index contributed by atoms with van der Waals surface area (Å²) in [6, 6.07) is 10.5. The molecule has 0 aromatic heterocycles. The molecule has 6 heteroatoms. The van der Waals surface area contributed by atoms with Crippen molar-refractivity contribution in [3.05, 3.63) is 35.9 Å². The van der Waals surface area contributed by atoms with E-state index in [1.54, 1.807) is 0 Å². The topological polar surface area (TPSA) is 58.8 Å². The maximum absolute atomic E-state index is 12.2. The van der Waals surface area contributed by atoms with E-state index in [9.17, 15) is 4.79 Å². The standard InChI is InChI=1S/C19H29N3O2.ClH/c20-14-16-6-10-21(11-7-16)18-8-12-22(13-9-18)19(23)24-15-17-4-2-1-3-5-17;/h1-5,16,18H,6-15,20H2;1H. The molecule has 0 saturated carbocycles. The number of carbonyl (C=O) groups is 1. The average molecular weight is 368 g/mol. The maximum atomic E-state index is 12.2. The molecule has 0 bridgehead atoms. The van der Waals surface area contributed by atoms with E-state index in [1.165, 1.54) is 12.8 Å². The monoisotopic (exact) mass is 367 g/mol. The molecule has 2 fully saturated rings. The maximum Gasteiger partial charge on any atom is 0.410 e. The lowest BCUT2D eigenvalue weighted by Gasteiger charge is -2.41. The Morgan fingerprint density at radius 1 is 1.04 bits per heavy atom. The Morgan fingerprint density at radius 2 is 1.68 bits per heavy atom. The first-order valence-corrected chi connectivity index (χ1v) is 9.16. The van der Waals surface area contributed by atoms with Gasteiger partial charge in [0.2, 0.25) is 0 Å². The summed E-state index contributed by atoms with van der Waals surface area (Å²) >= 11 is 0. The molecule has 140 valence electrons. The van der Waals surface area contributed by atoms with E-state index in [4.69, 9.17) is 10.5 Å². The van der Waals surface area contributed by atoms with Crippen LogP contribution in [0.25, 0.3) is 0 Å². The van der Waals surface area contributed by atoms with Crippen LogP contribution in [0.15, 0.2) is 30.3 Å². The summed E-state index contributed by atoms with van der Waals surface area (Å²) in [6.07, 6.45) is 4.35. The molecule has 1 amide bonds. The number of nitrogens with zero attached hydrogens (tertiary/aromatic N) is 2. The Kier molecular flexibility index (Phi) is 8.00. The zero-order valence-corrected chi connectivity index (χ0v) is 15.6. The van der Waals surface area contributed by atoms with Crippen LogP contribution in [0, 0.1) is 5.92 Å². The first kappa shape index (κ1) is 20.0. The smallest absolute Gasteiger partial charge is 0.410 e. The number of hydrogen-bond acceptors (Lipinski definition) is 4. The summed E-state index contributed by atoms with van der Waals surface area (Å²) in [5.41, 5.74) is 6.80. The summed E-state index contributed by atoms with van der Waals surface area (Å²) in [5, 5.41) is 0. The molecule has 1 aromatic carbocycles. The van der Waals surface area contributed by atoms with Gasteiger partial charge in [0.25, 0.3) is 0 Å². The van der Waals surface area contributed by atoms with Gasteiger partial charge in [-0.1, -0.05) is 30.3 Å². The van der Waals surface area contributed by atoms with Crippen molar-refractivity contribution < 1.29 is 9.53 Å². The third-order valence-corrected chi connectivity index (χ3v) is 5.43. The molecule has 2 aliphatic rings. The van der Waals surface area contributed by atoms with Crippen molar-refractivity contribution in [2.24, 2.45) is 11.7 Å². The summed E-state index contributed by atoms with van der Waals surface area (Å²) in [6.45, 7) is 5.09. The largest absolute Gasteiger partial charge is 0.445 e. The van der Waals surface area contributed by atoms with Gasteiger partial charge in [0.15, 0.2) is 0 Å². The van der Waals surface area contributed by atoms with Crippen LogP contribution in [-0.4, -0.2) is 54.7 Å². The number of nitrogens with two attached hydrogens (primary N) is 1. The lowest BCUT2D eigenvalue weighted by atomic mass is 9.94. The Morgan fingerprint density at radius 3 is 2.28 bits per heavy atom. The van der Waals surface area contributed by atoms with Gasteiger partial charge in [0, 0.05) is 19.1 Å². The van der Waals surface area contributed by atoms with E-state index in [1.807, 2.05) is 35.2 Å². The Bertz CT molecular complexity index is 513. The number of hydrogen-bond donors (Lipinski definition) is 1. The molecule has 0 radical (unpaired) electrons. The first-order valence-electron chi connectivity index (χ1n) is 9.16. The second-order valence-electron chi connectivity index (χ2n) is 6.97. The van der Waals surface area contributed by atoms with Crippen LogP contribution >= 0.6 is 12.4 Å². The molecule has 5 nitrogen and oxygen atoms in total. The predicted octanol–water partition coefficient (Wildman–Crippen LogP) is 2.88. The van der Waals surface area contributed by atoms with Gasteiger partial charge >= 0.3 is 6.09 Å². The van der Waals surface area contributed by atoms with Crippen LogP contribution in [0.5, 0.6) is 0 Å². The molecule has 0 spiro atoms. The second kappa shape index (κ2) is 10.00. The fourth-order valence-corrected chi connectivity index (χ4v) is 3.78. The number of likely N-dealkylation sites (tertiary alicyclic amines) is 2. The molecule has 25 heavy (non-hydrogen) atoms. The summed E-state index contributed by atoms with van der Waals surface area (Å²) in [4.78, 5) is 16.7. The van der Waals surface area contributed by atoms with Crippen molar-refractivity contribution in [2.75, 3.05) is 32.7 Å². The third kappa shape index (κ3) is 5.59. The Balaban J connectivity index is 0.00000225. The van der Waals surface area contributed by atoms with Crippen LogP contribution < -0.4 is 5.73 Å². The van der Waals surface area contributed by atoms with Crippen LogP contribution in [0.3, 0.4) is 0 Å². The van der Waals surface area contributed by atoms with Crippen molar-refractivity contribution in [1.82, 2.24) is 9.80 Å². The van der Waals surface area contributed by atoms with Crippen molar-refractivity contribution >= 4 is 18.5 Å². The van der Waals surface area contributed by atoms with Crippen molar-refractivity contribution in [1.29, 1.82) is 0 Å². The number of rotatable bonds is 4. The van der Waals surface area contributed by atoms with E-state index in [0.717, 1.165) is 51.1 Å². The quantitative estimate of drug-likeness (QED) is 0.888. The summed E-state index contributed by atoms with van der Waals surface area (Å²) in [5.74, 6) is 0.703. The molecule has 2 saturated heterocycles. The molecule has 2 N–H and O–H groups in total. The highest BCUT2D eigenvalue weighted by Crippen LogP contribution is 2.23. The SMILES string of the molecule is Cl.NCC1CCN(C2CCN(C(=O)OCc3ccccc3)CC2)CC1. The zero-order chi connectivity index (χ0) is 16.8. The fraction of sp³-hybridized carbons (Fsp3) is 0.632. The molecule has 2 heterocycles. The van der Waals surface area contributed by atoms with Gasteiger partial charge in [-0.05, 0) is 56.8 Å². The number of benzene rings is 1. The van der Waals surface area contributed by atoms with E-state index in [-0.39, 0.29) is 18.5 Å².